The van der Waals surface area contributed by atoms with Crippen LogP contribution in [0.15, 0.2) is 39.5 Å². The SMILES string of the molecule is COC(=O)c1ccc(NC(=O)c2c(C)cc(C3CCCNC3)oc2=O)cc1.Cl. The van der Waals surface area contributed by atoms with E-state index in [1.807, 2.05) is 0 Å². The lowest BCUT2D eigenvalue weighted by Crippen LogP contribution is -2.30. The van der Waals surface area contributed by atoms with Gasteiger partial charge in [0, 0.05) is 18.2 Å². The summed E-state index contributed by atoms with van der Waals surface area (Å²) < 4.78 is 10.1. The van der Waals surface area contributed by atoms with Crippen LogP contribution in [0.3, 0.4) is 0 Å². The highest BCUT2D eigenvalue weighted by molar-refractivity contribution is 6.05. The van der Waals surface area contributed by atoms with Crippen molar-refractivity contribution >= 4 is 30.0 Å². The summed E-state index contributed by atoms with van der Waals surface area (Å²) in [4.78, 5) is 36.4. The van der Waals surface area contributed by atoms with Gasteiger partial charge in [0.05, 0.1) is 12.7 Å². The Morgan fingerprint density at radius 2 is 1.96 bits per heavy atom. The van der Waals surface area contributed by atoms with Crippen molar-refractivity contribution in [1.29, 1.82) is 0 Å². The number of halogens is 1. The summed E-state index contributed by atoms with van der Waals surface area (Å²) in [5, 5.41) is 5.94. The second-order valence-electron chi connectivity index (χ2n) is 6.56. The maximum absolute atomic E-state index is 12.5. The lowest BCUT2D eigenvalue weighted by atomic mass is 9.95. The van der Waals surface area contributed by atoms with Crippen molar-refractivity contribution in [3.8, 4) is 0 Å². The van der Waals surface area contributed by atoms with Crippen molar-refractivity contribution < 1.29 is 18.7 Å². The van der Waals surface area contributed by atoms with Crippen molar-refractivity contribution in [2.75, 3.05) is 25.5 Å². The molecule has 0 aliphatic carbocycles. The number of carbonyl (C=O) groups is 2. The number of rotatable bonds is 4. The number of carbonyl (C=O) groups excluding carboxylic acids is 2. The van der Waals surface area contributed by atoms with E-state index in [1.165, 1.54) is 19.2 Å². The summed E-state index contributed by atoms with van der Waals surface area (Å²) in [7, 11) is 1.30. The number of piperidine rings is 1. The first kappa shape index (κ1) is 21.7. The van der Waals surface area contributed by atoms with E-state index in [0.29, 0.717) is 22.6 Å². The van der Waals surface area contributed by atoms with Gasteiger partial charge in [0.2, 0.25) is 0 Å². The van der Waals surface area contributed by atoms with Crippen LogP contribution in [0.1, 0.15) is 50.8 Å². The van der Waals surface area contributed by atoms with Gasteiger partial charge >= 0.3 is 11.6 Å². The van der Waals surface area contributed by atoms with Crippen LogP contribution in [0.25, 0.3) is 0 Å². The third kappa shape index (κ3) is 4.79. The molecule has 3 rings (SSSR count). The first-order valence-electron chi connectivity index (χ1n) is 8.84. The molecule has 0 radical (unpaired) electrons. The molecular weight excluding hydrogens is 384 g/mol. The molecule has 1 aromatic carbocycles. The number of ether oxygens (including phenoxy) is 1. The molecule has 150 valence electrons. The predicted octanol–water partition coefficient (Wildman–Crippen LogP) is 2.88. The van der Waals surface area contributed by atoms with Gasteiger partial charge in [0.15, 0.2) is 0 Å². The predicted molar refractivity (Wildman–Crippen MR) is 108 cm³/mol. The number of aryl methyl sites for hydroxylation is 1. The second-order valence-corrected chi connectivity index (χ2v) is 6.56. The molecule has 0 spiro atoms. The molecule has 1 aromatic heterocycles. The molecule has 1 atom stereocenters. The fourth-order valence-electron chi connectivity index (χ4n) is 3.20. The smallest absolute Gasteiger partial charge is 0.349 e. The molecule has 1 fully saturated rings. The van der Waals surface area contributed by atoms with E-state index in [2.05, 4.69) is 15.4 Å². The number of amides is 1. The standard InChI is InChI=1S/C20H22N2O5.ClH/c1-12-10-16(14-4-3-9-21-11-14)27-20(25)17(12)18(23)22-15-7-5-13(6-8-15)19(24)26-2;/h5-8,10,14,21H,3-4,9,11H2,1-2H3,(H,22,23);1H. The fraction of sp³-hybridized carbons (Fsp3) is 0.350. The molecule has 8 heteroatoms. The van der Waals surface area contributed by atoms with E-state index < -0.39 is 17.5 Å². The van der Waals surface area contributed by atoms with Gasteiger partial charge in [-0.2, -0.15) is 0 Å². The van der Waals surface area contributed by atoms with E-state index in [-0.39, 0.29) is 23.9 Å². The van der Waals surface area contributed by atoms with Crippen molar-refractivity contribution in [3.05, 3.63) is 63.2 Å². The van der Waals surface area contributed by atoms with E-state index in [9.17, 15) is 14.4 Å². The molecule has 2 heterocycles. The number of esters is 1. The zero-order valence-corrected chi connectivity index (χ0v) is 16.6. The largest absolute Gasteiger partial charge is 0.465 e. The Balaban J connectivity index is 0.00000280. The zero-order chi connectivity index (χ0) is 19.4. The molecule has 2 aromatic rings. The third-order valence-electron chi connectivity index (χ3n) is 4.66. The van der Waals surface area contributed by atoms with Crippen LogP contribution in [0, 0.1) is 6.92 Å². The van der Waals surface area contributed by atoms with Crippen LogP contribution < -0.4 is 16.3 Å². The summed E-state index contributed by atoms with van der Waals surface area (Å²) in [6.45, 7) is 3.46. The number of benzene rings is 1. The minimum Gasteiger partial charge on any atom is -0.465 e. The summed E-state index contributed by atoms with van der Waals surface area (Å²) in [5.41, 5.74) is 0.762. The van der Waals surface area contributed by atoms with Crippen LogP contribution >= 0.6 is 12.4 Å². The Labute approximate surface area is 168 Å². The van der Waals surface area contributed by atoms with E-state index in [0.717, 1.165) is 25.9 Å². The Bertz CT molecular complexity index is 902. The molecule has 1 aliphatic heterocycles. The molecular formula is C20H23ClN2O5. The average molecular weight is 407 g/mol. The molecule has 0 saturated carbocycles. The summed E-state index contributed by atoms with van der Waals surface area (Å²) >= 11 is 0. The molecule has 1 amide bonds. The number of nitrogens with one attached hydrogen (secondary N) is 2. The quantitative estimate of drug-likeness (QED) is 0.757. The molecule has 0 bridgehead atoms. The van der Waals surface area contributed by atoms with Crippen molar-refractivity contribution in [2.45, 2.75) is 25.7 Å². The fourth-order valence-corrected chi connectivity index (χ4v) is 3.20. The summed E-state index contributed by atoms with van der Waals surface area (Å²) in [6.07, 6.45) is 1.98. The molecule has 2 N–H and O–H groups in total. The lowest BCUT2D eigenvalue weighted by molar-refractivity contribution is 0.0600. The van der Waals surface area contributed by atoms with Crippen LogP contribution in [0.4, 0.5) is 5.69 Å². The van der Waals surface area contributed by atoms with Crippen molar-refractivity contribution in [1.82, 2.24) is 5.32 Å². The van der Waals surface area contributed by atoms with Gasteiger partial charge in [-0.25, -0.2) is 9.59 Å². The first-order chi connectivity index (χ1) is 13.0. The topological polar surface area (TPSA) is 97.6 Å². The highest BCUT2D eigenvalue weighted by atomic mass is 35.5. The van der Waals surface area contributed by atoms with Crippen molar-refractivity contribution in [2.24, 2.45) is 0 Å². The van der Waals surface area contributed by atoms with Crippen LogP contribution in [0.2, 0.25) is 0 Å². The number of methoxy groups -OCH3 is 1. The van der Waals surface area contributed by atoms with Crippen LogP contribution in [0.5, 0.6) is 0 Å². The minimum absolute atomic E-state index is 0. The third-order valence-corrected chi connectivity index (χ3v) is 4.66. The lowest BCUT2D eigenvalue weighted by Gasteiger charge is -2.22. The second kappa shape index (κ2) is 9.52. The molecule has 1 aliphatic rings. The average Bonchev–Trinajstić information content (AvgIpc) is 2.68. The van der Waals surface area contributed by atoms with Gasteiger partial charge in [-0.05, 0) is 62.2 Å². The monoisotopic (exact) mass is 406 g/mol. The highest BCUT2D eigenvalue weighted by Crippen LogP contribution is 2.24. The number of hydrogen-bond acceptors (Lipinski definition) is 6. The van der Waals surface area contributed by atoms with Gasteiger partial charge in [-0.1, -0.05) is 0 Å². The van der Waals surface area contributed by atoms with Gasteiger partial charge in [-0.15, -0.1) is 12.4 Å². The van der Waals surface area contributed by atoms with E-state index >= 15 is 0 Å². The van der Waals surface area contributed by atoms with Crippen molar-refractivity contribution in [3.63, 3.8) is 0 Å². The van der Waals surface area contributed by atoms with E-state index in [4.69, 9.17) is 4.42 Å². The van der Waals surface area contributed by atoms with Crippen LogP contribution in [-0.4, -0.2) is 32.1 Å². The van der Waals surface area contributed by atoms with Crippen LogP contribution in [-0.2, 0) is 4.74 Å². The summed E-state index contributed by atoms with van der Waals surface area (Å²) in [5.74, 6) is -0.241. The van der Waals surface area contributed by atoms with E-state index in [1.54, 1.807) is 25.1 Å². The van der Waals surface area contributed by atoms with Gasteiger partial charge in [0.1, 0.15) is 11.3 Å². The Hall–Kier alpha value is -2.64. The maximum Gasteiger partial charge on any atom is 0.349 e. The number of hydrogen-bond donors (Lipinski definition) is 2. The maximum atomic E-state index is 12.5. The summed E-state index contributed by atoms with van der Waals surface area (Å²) in [6, 6.07) is 7.99. The normalized spacial score (nSPS) is 16.0. The molecule has 1 unspecified atom stereocenters. The Morgan fingerprint density at radius 3 is 2.54 bits per heavy atom. The molecule has 1 saturated heterocycles. The molecule has 28 heavy (non-hydrogen) atoms. The van der Waals surface area contributed by atoms with Gasteiger partial charge in [-0.3, -0.25) is 4.79 Å². The molecule has 7 nitrogen and oxygen atoms in total. The van der Waals surface area contributed by atoms with Gasteiger partial charge in [0.25, 0.3) is 5.91 Å². The first-order valence-corrected chi connectivity index (χ1v) is 8.84. The zero-order valence-electron chi connectivity index (χ0n) is 15.7. The minimum atomic E-state index is -0.640. The Morgan fingerprint density at radius 1 is 1.25 bits per heavy atom. The van der Waals surface area contributed by atoms with Gasteiger partial charge < -0.3 is 19.8 Å². The highest BCUT2D eigenvalue weighted by Gasteiger charge is 2.22. The Kier molecular flexibility index (Phi) is 7.37. The number of anilines is 1.